The second kappa shape index (κ2) is 6.69. The van der Waals surface area contributed by atoms with Crippen molar-refractivity contribution in [3.05, 3.63) is 0 Å². The number of hydrogen-bond donors (Lipinski definition) is 1. The summed E-state index contributed by atoms with van der Waals surface area (Å²) in [7, 11) is 0. The van der Waals surface area contributed by atoms with Crippen LogP contribution in [0.25, 0.3) is 0 Å². The molecule has 0 aliphatic heterocycles. The standard InChI is InChI=1S/C5H13N.HI/c1-5(2)3-4-6;/h5H,3-4,6H2,1-2H3;1H. The predicted molar refractivity (Wildman–Crippen MR) is 27.2 cm³/mol. The molecular weight excluding hydrogens is 201 g/mol. The van der Waals surface area contributed by atoms with Crippen molar-refractivity contribution in [3.63, 3.8) is 0 Å². The fourth-order valence-corrected chi connectivity index (χ4v) is 0.408. The molecule has 0 saturated carbocycles. The Labute approximate surface area is 62.7 Å². The molecule has 0 fully saturated rings. The van der Waals surface area contributed by atoms with Crippen molar-refractivity contribution in [3.8, 4) is 0 Å². The molecule has 7 heavy (non-hydrogen) atoms. The van der Waals surface area contributed by atoms with Crippen LogP contribution in [0.3, 0.4) is 0 Å². The molecule has 0 rings (SSSR count). The first-order valence-corrected chi connectivity index (χ1v) is 2.56. The molecule has 0 spiro atoms. The molecular formula is C5H14IN. The van der Waals surface area contributed by atoms with Crippen LogP contribution in [0.1, 0.15) is 20.3 Å². The molecule has 0 bridgehead atoms. The van der Waals surface area contributed by atoms with Crippen LogP contribution >= 0.6 is 0 Å². The maximum absolute atomic E-state index is 3.73. The van der Waals surface area contributed by atoms with Gasteiger partial charge in [0.15, 0.2) is 0 Å². The lowest BCUT2D eigenvalue weighted by Gasteiger charge is -1.94. The third kappa shape index (κ3) is 10.8. The lowest BCUT2D eigenvalue weighted by Crippen LogP contribution is -3.00. The molecule has 0 unspecified atom stereocenters. The van der Waals surface area contributed by atoms with Gasteiger partial charge in [-0.25, -0.2) is 0 Å². The third-order valence-electron chi connectivity index (χ3n) is 0.781. The normalized spacial score (nSPS) is 8.57. The summed E-state index contributed by atoms with van der Waals surface area (Å²) >= 11 is 0. The van der Waals surface area contributed by atoms with Crippen LogP contribution in [0.5, 0.6) is 0 Å². The quantitative estimate of drug-likeness (QED) is 0.485. The van der Waals surface area contributed by atoms with E-state index in [0.29, 0.717) is 0 Å². The largest absolute Gasteiger partial charge is 1.00 e. The first-order valence-electron chi connectivity index (χ1n) is 2.56. The molecule has 0 aromatic heterocycles. The summed E-state index contributed by atoms with van der Waals surface area (Å²) in [5.74, 6) is 0.836. The fraction of sp³-hybridized carbons (Fsp3) is 1.00. The summed E-state index contributed by atoms with van der Waals surface area (Å²) in [6.45, 7) is 5.51. The van der Waals surface area contributed by atoms with Gasteiger partial charge < -0.3 is 29.7 Å². The van der Waals surface area contributed by atoms with Crippen LogP contribution in [-0.2, 0) is 0 Å². The van der Waals surface area contributed by atoms with Gasteiger partial charge in [-0.2, -0.15) is 0 Å². The minimum atomic E-state index is 0. The molecule has 2 heteroatoms. The summed E-state index contributed by atoms with van der Waals surface area (Å²) < 4.78 is 0. The smallest absolute Gasteiger partial charge is 0.0742 e. The zero-order chi connectivity index (χ0) is 4.99. The summed E-state index contributed by atoms with van der Waals surface area (Å²) in [4.78, 5) is 0. The number of quaternary nitrogens is 1. The highest BCUT2D eigenvalue weighted by molar-refractivity contribution is 4.37. The first-order chi connectivity index (χ1) is 2.77. The van der Waals surface area contributed by atoms with Crippen molar-refractivity contribution in [1.29, 1.82) is 0 Å². The molecule has 0 aliphatic rings. The van der Waals surface area contributed by atoms with Gasteiger partial charge in [-0.1, -0.05) is 13.8 Å². The first kappa shape index (κ1) is 10.6. The molecule has 0 aromatic rings. The molecule has 46 valence electrons. The van der Waals surface area contributed by atoms with E-state index >= 15 is 0 Å². The van der Waals surface area contributed by atoms with Crippen LogP contribution < -0.4 is 29.7 Å². The summed E-state index contributed by atoms with van der Waals surface area (Å²) in [6, 6.07) is 0. The number of rotatable bonds is 2. The van der Waals surface area contributed by atoms with Crippen molar-refractivity contribution >= 4 is 0 Å². The summed E-state index contributed by atoms with van der Waals surface area (Å²) in [5.41, 5.74) is 3.73. The Morgan fingerprint density at radius 3 is 1.86 bits per heavy atom. The summed E-state index contributed by atoms with van der Waals surface area (Å²) in [5, 5.41) is 0. The average molecular weight is 215 g/mol. The van der Waals surface area contributed by atoms with Crippen LogP contribution in [0.2, 0.25) is 0 Å². The molecule has 0 atom stereocenters. The van der Waals surface area contributed by atoms with E-state index in [4.69, 9.17) is 0 Å². The third-order valence-corrected chi connectivity index (χ3v) is 0.781. The van der Waals surface area contributed by atoms with Crippen LogP contribution in [-0.4, -0.2) is 6.54 Å². The highest BCUT2D eigenvalue weighted by atomic mass is 127. The van der Waals surface area contributed by atoms with Crippen molar-refractivity contribution in [2.75, 3.05) is 6.54 Å². The van der Waals surface area contributed by atoms with E-state index in [0.717, 1.165) is 12.5 Å². The highest BCUT2D eigenvalue weighted by Gasteiger charge is 1.88. The van der Waals surface area contributed by atoms with Crippen LogP contribution in [0.15, 0.2) is 0 Å². The van der Waals surface area contributed by atoms with Gasteiger partial charge in [-0.3, -0.25) is 0 Å². The van der Waals surface area contributed by atoms with Gasteiger partial charge >= 0.3 is 0 Å². The van der Waals surface area contributed by atoms with Gasteiger partial charge in [-0.15, -0.1) is 0 Å². The highest BCUT2D eigenvalue weighted by Crippen LogP contribution is 1.93. The monoisotopic (exact) mass is 215 g/mol. The minimum absolute atomic E-state index is 0. The Kier molecular flexibility index (Phi) is 10.2. The Hall–Kier alpha value is 0.690. The molecule has 0 aromatic carbocycles. The maximum Gasteiger partial charge on any atom is 0.0742 e. The number of halogens is 1. The molecule has 0 heterocycles. The summed E-state index contributed by atoms with van der Waals surface area (Å²) in [6.07, 6.45) is 1.26. The molecule has 0 amide bonds. The number of hydrogen-bond acceptors (Lipinski definition) is 0. The van der Waals surface area contributed by atoms with Crippen molar-refractivity contribution in [2.24, 2.45) is 5.92 Å². The van der Waals surface area contributed by atoms with Gasteiger partial charge in [0.25, 0.3) is 0 Å². The van der Waals surface area contributed by atoms with Crippen LogP contribution in [0.4, 0.5) is 0 Å². The van der Waals surface area contributed by atoms with E-state index in [-0.39, 0.29) is 24.0 Å². The Morgan fingerprint density at radius 2 is 1.86 bits per heavy atom. The van der Waals surface area contributed by atoms with Gasteiger partial charge in [0, 0.05) is 0 Å². The molecule has 0 aliphatic carbocycles. The lowest BCUT2D eigenvalue weighted by molar-refractivity contribution is -0.369. The Balaban J connectivity index is 0. The van der Waals surface area contributed by atoms with Gasteiger partial charge in [0.2, 0.25) is 0 Å². The topological polar surface area (TPSA) is 27.6 Å². The van der Waals surface area contributed by atoms with E-state index < -0.39 is 0 Å². The molecule has 3 N–H and O–H groups in total. The lowest BCUT2D eigenvalue weighted by atomic mass is 10.1. The molecule has 0 radical (unpaired) electrons. The second-order valence-corrected chi connectivity index (χ2v) is 2.04. The van der Waals surface area contributed by atoms with Crippen molar-refractivity contribution in [1.82, 2.24) is 0 Å². The zero-order valence-electron chi connectivity index (χ0n) is 5.08. The van der Waals surface area contributed by atoms with Crippen molar-refractivity contribution < 1.29 is 29.7 Å². The Morgan fingerprint density at radius 1 is 1.43 bits per heavy atom. The van der Waals surface area contributed by atoms with Gasteiger partial charge in [0.1, 0.15) is 0 Å². The fourth-order valence-electron chi connectivity index (χ4n) is 0.408. The Bertz CT molecular complexity index is 29.3. The average Bonchev–Trinajstić information content (AvgIpc) is 1.35. The zero-order valence-corrected chi connectivity index (χ0v) is 7.23. The predicted octanol–water partition coefficient (Wildman–Crippen LogP) is -2.72. The van der Waals surface area contributed by atoms with E-state index in [9.17, 15) is 0 Å². The molecule has 0 saturated heterocycles. The van der Waals surface area contributed by atoms with Crippen molar-refractivity contribution in [2.45, 2.75) is 20.3 Å². The second-order valence-electron chi connectivity index (χ2n) is 2.04. The van der Waals surface area contributed by atoms with Crippen LogP contribution in [0, 0.1) is 5.92 Å². The SMILES string of the molecule is CC(C)CC[NH3+].[I-]. The maximum atomic E-state index is 3.73. The van der Waals surface area contributed by atoms with E-state index in [1.807, 2.05) is 0 Å². The van der Waals surface area contributed by atoms with E-state index in [1.165, 1.54) is 6.42 Å². The van der Waals surface area contributed by atoms with E-state index in [1.54, 1.807) is 0 Å². The van der Waals surface area contributed by atoms with E-state index in [2.05, 4.69) is 19.6 Å². The van der Waals surface area contributed by atoms with Gasteiger partial charge in [-0.05, 0) is 12.3 Å². The minimum Gasteiger partial charge on any atom is -1.00 e. The molecule has 1 nitrogen and oxygen atoms in total. The van der Waals surface area contributed by atoms with Gasteiger partial charge in [0.05, 0.1) is 6.54 Å².